The Hall–Kier alpha value is -0.160. The van der Waals surface area contributed by atoms with E-state index in [-0.39, 0.29) is 0 Å². The van der Waals surface area contributed by atoms with E-state index in [0.29, 0.717) is 12.1 Å². The molecule has 1 fully saturated rings. The quantitative estimate of drug-likeness (QED) is 0.544. The first-order valence-electron chi connectivity index (χ1n) is 8.67. The summed E-state index contributed by atoms with van der Waals surface area (Å²) < 4.78 is 0. The van der Waals surface area contributed by atoms with Gasteiger partial charge in [-0.2, -0.15) is 0 Å². The molecule has 1 rings (SSSR count). The van der Waals surface area contributed by atoms with Crippen LogP contribution in [0.25, 0.3) is 0 Å². The van der Waals surface area contributed by atoms with Crippen molar-refractivity contribution in [1.29, 1.82) is 0 Å². The molecule has 1 saturated heterocycles. The van der Waals surface area contributed by atoms with Crippen LogP contribution < -0.4 is 21.3 Å². The van der Waals surface area contributed by atoms with Crippen LogP contribution in [0, 0.1) is 0 Å². The smallest absolute Gasteiger partial charge is 0.00508 e. The molecule has 4 heteroatoms. The lowest BCUT2D eigenvalue weighted by atomic mass is 10.2. The second-order valence-electron chi connectivity index (χ2n) is 6.20. The third-order valence-corrected chi connectivity index (χ3v) is 4.05. The van der Waals surface area contributed by atoms with Gasteiger partial charge < -0.3 is 21.3 Å². The van der Waals surface area contributed by atoms with Crippen molar-refractivity contribution in [3.05, 3.63) is 0 Å². The first kappa shape index (κ1) is 17.9. The van der Waals surface area contributed by atoms with Crippen molar-refractivity contribution < 1.29 is 0 Å². The van der Waals surface area contributed by atoms with E-state index in [9.17, 15) is 0 Å². The minimum absolute atomic E-state index is 0.636. The maximum atomic E-state index is 3.62. The number of hydrogen-bond acceptors (Lipinski definition) is 4. The topological polar surface area (TPSA) is 48.1 Å². The molecule has 0 aromatic heterocycles. The Labute approximate surface area is 125 Å². The van der Waals surface area contributed by atoms with Crippen molar-refractivity contribution >= 4 is 0 Å². The van der Waals surface area contributed by atoms with E-state index in [1.807, 2.05) is 0 Å². The van der Waals surface area contributed by atoms with Gasteiger partial charge in [-0.1, -0.05) is 0 Å². The minimum atomic E-state index is 0.636. The van der Waals surface area contributed by atoms with E-state index in [1.165, 1.54) is 38.5 Å². The molecule has 1 heterocycles. The van der Waals surface area contributed by atoms with E-state index < -0.39 is 0 Å². The van der Waals surface area contributed by atoms with Gasteiger partial charge in [0.2, 0.25) is 0 Å². The summed E-state index contributed by atoms with van der Waals surface area (Å²) in [4.78, 5) is 0. The van der Waals surface area contributed by atoms with Crippen LogP contribution in [0.5, 0.6) is 0 Å². The molecule has 1 aliphatic rings. The zero-order chi connectivity index (χ0) is 14.5. The molecule has 0 aliphatic carbocycles. The van der Waals surface area contributed by atoms with Gasteiger partial charge in [-0.3, -0.25) is 0 Å². The largest absolute Gasteiger partial charge is 0.317 e. The second kappa shape index (κ2) is 12.6. The van der Waals surface area contributed by atoms with Crippen LogP contribution in [0.3, 0.4) is 0 Å². The molecule has 0 saturated carbocycles. The molecule has 0 spiro atoms. The van der Waals surface area contributed by atoms with Crippen LogP contribution in [0.2, 0.25) is 0 Å². The zero-order valence-corrected chi connectivity index (χ0v) is 13.6. The van der Waals surface area contributed by atoms with Crippen LogP contribution in [0.1, 0.15) is 52.4 Å². The molecule has 2 unspecified atom stereocenters. The summed E-state index contributed by atoms with van der Waals surface area (Å²) in [6, 6.07) is 1.27. The highest BCUT2D eigenvalue weighted by Gasteiger charge is 2.02. The van der Waals surface area contributed by atoms with Gasteiger partial charge in [0.15, 0.2) is 0 Å². The summed E-state index contributed by atoms with van der Waals surface area (Å²) in [5.41, 5.74) is 0. The Kier molecular flexibility index (Phi) is 11.2. The molecule has 0 aromatic carbocycles. The number of rotatable bonds is 0. The van der Waals surface area contributed by atoms with Crippen molar-refractivity contribution in [1.82, 2.24) is 21.3 Å². The summed E-state index contributed by atoms with van der Waals surface area (Å²) in [7, 11) is 0. The average Bonchev–Trinajstić information content (AvgIpc) is 2.43. The zero-order valence-electron chi connectivity index (χ0n) is 13.6. The van der Waals surface area contributed by atoms with Crippen LogP contribution in [-0.4, -0.2) is 51.4 Å². The van der Waals surface area contributed by atoms with Gasteiger partial charge in [0.05, 0.1) is 0 Å². The summed E-state index contributed by atoms with van der Waals surface area (Å²) in [6.07, 6.45) is 7.57. The molecule has 1 aliphatic heterocycles. The average molecular weight is 284 g/mol. The minimum Gasteiger partial charge on any atom is -0.317 e. The maximum Gasteiger partial charge on any atom is 0.00508 e. The Balaban J connectivity index is 2.16. The normalized spacial score (nSPS) is 30.3. The molecule has 2 atom stereocenters. The van der Waals surface area contributed by atoms with Crippen molar-refractivity contribution in [2.75, 3.05) is 39.3 Å². The van der Waals surface area contributed by atoms with Gasteiger partial charge in [0, 0.05) is 12.1 Å². The SMILES string of the molecule is CC1CCNCCCCNC(C)CCNCCCCN1. The first-order chi connectivity index (χ1) is 9.79. The molecule has 0 radical (unpaired) electrons. The van der Waals surface area contributed by atoms with Gasteiger partial charge in [0.1, 0.15) is 0 Å². The predicted octanol–water partition coefficient (Wildman–Crippen LogP) is 1.48. The second-order valence-corrected chi connectivity index (χ2v) is 6.20. The molecule has 120 valence electrons. The van der Waals surface area contributed by atoms with Crippen molar-refractivity contribution in [2.24, 2.45) is 0 Å². The fourth-order valence-electron chi connectivity index (χ4n) is 2.54. The molecule has 4 N–H and O–H groups in total. The summed E-state index contributed by atoms with van der Waals surface area (Å²) in [5, 5.41) is 14.3. The molecule has 0 bridgehead atoms. The van der Waals surface area contributed by atoms with Gasteiger partial charge in [-0.05, 0) is 91.6 Å². The predicted molar refractivity (Wildman–Crippen MR) is 88.4 cm³/mol. The van der Waals surface area contributed by atoms with E-state index in [2.05, 4.69) is 35.1 Å². The summed E-state index contributed by atoms with van der Waals surface area (Å²) in [6.45, 7) is 11.5. The first-order valence-corrected chi connectivity index (χ1v) is 8.67. The summed E-state index contributed by atoms with van der Waals surface area (Å²) >= 11 is 0. The van der Waals surface area contributed by atoms with Gasteiger partial charge in [0.25, 0.3) is 0 Å². The van der Waals surface area contributed by atoms with Crippen molar-refractivity contribution in [3.63, 3.8) is 0 Å². The molecular formula is C16H36N4. The Bertz CT molecular complexity index is 169. The highest BCUT2D eigenvalue weighted by molar-refractivity contribution is 4.65. The maximum absolute atomic E-state index is 3.62. The molecule has 0 amide bonds. The van der Waals surface area contributed by atoms with Crippen molar-refractivity contribution in [3.8, 4) is 0 Å². The Morgan fingerprint density at radius 3 is 1.40 bits per heavy atom. The van der Waals surface area contributed by atoms with Crippen LogP contribution >= 0.6 is 0 Å². The molecule has 4 nitrogen and oxygen atoms in total. The van der Waals surface area contributed by atoms with E-state index in [0.717, 1.165) is 39.3 Å². The lowest BCUT2D eigenvalue weighted by molar-refractivity contribution is 0.452. The third kappa shape index (κ3) is 10.6. The lowest BCUT2D eigenvalue weighted by Gasteiger charge is -2.16. The molecule has 20 heavy (non-hydrogen) atoms. The van der Waals surface area contributed by atoms with Crippen molar-refractivity contribution in [2.45, 2.75) is 64.5 Å². The number of nitrogens with one attached hydrogen (secondary N) is 4. The fraction of sp³-hybridized carbons (Fsp3) is 1.00. The highest BCUT2D eigenvalue weighted by atomic mass is 14.9. The van der Waals surface area contributed by atoms with Gasteiger partial charge in [-0.15, -0.1) is 0 Å². The van der Waals surface area contributed by atoms with Gasteiger partial charge >= 0.3 is 0 Å². The van der Waals surface area contributed by atoms with Crippen LogP contribution in [0.15, 0.2) is 0 Å². The monoisotopic (exact) mass is 284 g/mol. The standard InChI is InChI=1S/C16H36N4/c1-15-7-13-17-9-4-6-12-20-16(2)8-14-18-10-3-5-11-19-15/h15-20H,3-14H2,1-2H3. The Morgan fingerprint density at radius 2 is 0.950 bits per heavy atom. The molecule has 0 aromatic rings. The Morgan fingerprint density at radius 1 is 0.550 bits per heavy atom. The molecular weight excluding hydrogens is 248 g/mol. The van der Waals surface area contributed by atoms with E-state index >= 15 is 0 Å². The van der Waals surface area contributed by atoms with E-state index in [1.54, 1.807) is 0 Å². The highest BCUT2D eigenvalue weighted by Crippen LogP contribution is 1.95. The lowest BCUT2D eigenvalue weighted by Crippen LogP contribution is -2.33. The number of hydrogen-bond donors (Lipinski definition) is 4. The van der Waals surface area contributed by atoms with Gasteiger partial charge in [-0.25, -0.2) is 0 Å². The summed E-state index contributed by atoms with van der Waals surface area (Å²) in [5.74, 6) is 0. The fourth-order valence-corrected chi connectivity index (χ4v) is 2.54. The van der Waals surface area contributed by atoms with E-state index in [4.69, 9.17) is 0 Å². The third-order valence-electron chi connectivity index (χ3n) is 4.05. The van der Waals surface area contributed by atoms with Crippen LogP contribution in [-0.2, 0) is 0 Å². The van der Waals surface area contributed by atoms with Crippen LogP contribution in [0.4, 0.5) is 0 Å².